The molecule has 0 aliphatic heterocycles. The van der Waals surface area contributed by atoms with Crippen LogP contribution < -0.4 is 0 Å². The molecular weight excluding hydrogens is 212 g/mol. The van der Waals surface area contributed by atoms with Crippen LogP contribution in [0.1, 0.15) is 34.6 Å². The van der Waals surface area contributed by atoms with Crippen molar-refractivity contribution >= 4 is 23.5 Å². The minimum Gasteiger partial charge on any atom is -0.393 e. The van der Waals surface area contributed by atoms with Gasteiger partial charge in [-0.3, -0.25) is 0 Å². The molecule has 3 heteroatoms. The summed E-state index contributed by atoms with van der Waals surface area (Å²) >= 11 is 3.92. The Morgan fingerprint density at radius 2 is 1.43 bits per heavy atom. The molecule has 0 spiro atoms. The molecule has 0 amide bonds. The first-order valence-electron chi connectivity index (χ1n) is 5.45. The standard InChI is InChI=1S/C11H24OS2/c1-6-13-11(14-7-2)9(5)10(12)8(3)4/h8-12H,6-7H2,1-5H3. The van der Waals surface area contributed by atoms with Gasteiger partial charge in [0.1, 0.15) is 0 Å². The van der Waals surface area contributed by atoms with Crippen LogP contribution in [0.3, 0.4) is 0 Å². The van der Waals surface area contributed by atoms with E-state index in [1.165, 1.54) is 0 Å². The molecule has 1 N–H and O–H groups in total. The fraction of sp³-hybridized carbons (Fsp3) is 1.00. The summed E-state index contributed by atoms with van der Waals surface area (Å²) in [5.41, 5.74) is 0. The first kappa shape index (κ1) is 14.7. The molecule has 0 saturated heterocycles. The molecule has 0 heterocycles. The topological polar surface area (TPSA) is 20.2 Å². The quantitative estimate of drug-likeness (QED) is 0.684. The third kappa shape index (κ3) is 4.94. The van der Waals surface area contributed by atoms with Crippen molar-refractivity contribution in [3.63, 3.8) is 0 Å². The molecule has 1 nitrogen and oxygen atoms in total. The average molecular weight is 236 g/mol. The molecule has 0 aromatic heterocycles. The van der Waals surface area contributed by atoms with Gasteiger partial charge in [0.25, 0.3) is 0 Å². The Kier molecular flexibility index (Phi) is 8.26. The Bertz CT molecular complexity index is 133. The van der Waals surface area contributed by atoms with Crippen molar-refractivity contribution in [3.05, 3.63) is 0 Å². The van der Waals surface area contributed by atoms with Crippen LogP contribution in [0.15, 0.2) is 0 Å². The predicted octanol–water partition coefficient (Wildman–Crippen LogP) is 3.47. The van der Waals surface area contributed by atoms with Gasteiger partial charge >= 0.3 is 0 Å². The second kappa shape index (κ2) is 7.89. The van der Waals surface area contributed by atoms with Crippen LogP contribution >= 0.6 is 23.5 Å². The zero-order valence-electron chi connectivity index (χ0n) is 9.99. The van der Waals surface area contributed by atoms with Crippen molar-refractivity contribution in [2.45, 2.75) is 45.3 Å². The molecule has 2 unspecified atom stereocenters. The second-order valence-electron chi connectivity index (χ2n) is 3.87. The zero-order chi connectivity index (χ0) is 11.1. The van der Waals surface area contributed by atoms with Gasteiger partial charge in [-0.15, -0.1) is 23.5 Å². The number of hydrogen-bond acceptors (Lipinski definition) is 3. The number of rotatable bonds is 7. The molecule has 0 bridgehead atoms. The van der Waals surface area contributed by atoms with Crippen LogP contribution in [0.2, 0.25) is 0 Å². The Hall–Kier alpha value is 0.660. The first-order chi connectivity index (χ1) is 6.54. The Labute approximate surface area is 97.4 Å². The molecule has 0 aromatic rings. The molecule has 0 radical (unpaired) electrons. The molecular formula is C11H24OS2. The lowest BCUT2D eigenvalue weighted by Crippen LogP contribution is -2.30. The van der Waals surface area contributed by atoms with Crippen molar-refractivity contribution < 1.29 is 5.11 Å². The largest absolute Gasteiger partial charge is 0.393 e. The Morgan fingerprint density at radius 1 is 1.00 bits per heavy atom. The summed E-state index contributed by atoms with van der Waals surface area (Å²) < 4.78 is 0.544. The predicted molar refractivity (Wildman–Crippen MR) is 70.1 cm³/mol. The highest BCUT2D eigenvalue weighted by molar-refractivity contribution is 8.17. The van der Waals surface area contributed by atoms with E-state index in [9.17, 15) is 5.11 Å². The van der Waals surface area contributed by atoms with E-state index in [1.54, 1.807) is 0 Å². The monoisotopic (exact) mass is 236 g/mol. The summed E-state index contributed by atoms with van der Waals surface area (Å²) in [5, 5.41) is 9.99. The summed E-state index contributed by atoms with van der Waals surface area (Å²) in [6.07, 6.45) is -0.168. The maximum Gasteiger partial charge on any atom is 0.0607 e. The van der Waals surface area contributed by atoms with Crippen LogP contribution in [-0.2, 0) is 0 Å². The van der Waals surface area contributed by atoms with Gasteiger partial charge in [-0.05, 0) is 17.4 Å². The van der Waals surface area contributed by atoms with Crippen molar-refractivity contribution in [1.29, 1.82) is 0 Å². The van der Waals surface area contributed by atoms with Gasteiger partial charge in [-0.25, -0.2) is 0 Å². The average Bonchev–Trinajstić information content (AvgIpc) is 2.15. The van der Waals surface area contributed by atoms with Crippen molar-refractivity contribution in [2.24, 2.45) is 11.8 Å². The summed E-state index contributed by atoms with van der Waals surface area (Å²) in [5.74, 6) is 3.01. The summed E-state index contributed by atoms with van der Waals surface area (Å²) in [6, 6.07) is 0. The van der Waals surface area contributed by atoms with E-state index in [1.807, 2.05) is 23.5 Å². The van der Waals surface area contributed by atoms with Gasteiger partial charge in [-0.2, -0.15) is 0 Å². The molecule has 0 saturated carbocycles. The highest BCUT2D eigenvalue weighted by Crippen LogP contribution is 2.33. The van der Waals surface area contributed by atoms with Crippen molar-refractivity contribution in [3.8, 4) is 0 Å². The first-order valence-corrected chi connectivity index (χ1v) is 7.55. The van der Waals surface area contributed by atoms with Crippen LogP contribution in [-0.4, -0.2) is 27.3 Å². The van der Waals surface area contributed by atoms with E-state index in [-0.39, 0.29) is 6.10 Å². The lowest BCUT2D eigenvalue weighted by molar-refractivity contribution is 0.0791. The van der Waals surface area contributed by atoms with E-state index in [2.05, 4.69) is 34.6 Å². The molecule has 14 heavy (non-hydrogen) atoms. The minimum absolute atomic E-state index is 0.168. The third-order valence-electron chi connectivity index (χ3n) is 2.31. The van der Waals surface area contributed by atoms with Gasteiger partial charge in [0.2, 0.25) is 0 Å². The Balaban J connectivity index is 4.18. The number of aliphatic hydroxyl groups is 1. The van der Waals surface area contributed by atoms with Crippen LogP contribution in [0.4, 0.5) is 0 Å². The molecule has 86 valence electrons. The second-order valence-corrected chi connectivity index (χ2v) is 7.01. The highest BCUT2D eigenvalue weighted by atomic mass is 32.2. The Morgan fingerprint density at radius 3 is 1.71 bits per heavy atom. The van der Waals surface area contributed by atoms with E-state index in [0.717, 1.165) is 11.5 Å². The van der Waals surface area contributed by atoms with E-state index in [4.69, 9.17) is 0 Å². The minimum atomic E-state index is -0.168. The third-order valence-corrected chi connectivity index (χ3v) is 5.31. The molecule has 2 atom stereocenters. The lowest BCUT2D eigenvalue weighted by atomic mass is 9.96. The SMILES string of the molecule is CCSC(SCC)C(C)C(O)C(C)C. The van der Waals surface area contributed by atoms with Crippen molar-refractivity contribution in [2.75, 3.05) is 11.5 Å². The number of hydrogen-bond donors (Lipinski definition) is 1. The van der Waals surface area contributed by atoms with Gasteiger partial charge < -0.3 is 5.11 Å². The van der Waals surface area contributed by atoms with E-state index >= 15 is 0 Å². The van der Waals surface area contributed by atoms with E-state index in [0.29, 0.717) is 16.4 Å². The molecule has 0 rings (SSSR count). The van der Waals surface area contributed by atoms with Crippen LogP contribution in [0, 0.1) is 11.8 Å². The van der Waals surface area contributed by atoms with Gasteiger partial charge in [0, 0.05) is 5.92 Å². The zero-order valence-corrected chi connectivity index (χ0v) is 11.6. The normalized spacial score (nSPS) is 16.3. The maximum absolute atomic E-state index is 9.99. The summed E-state index contributed by atoms with van der Waals surface area (Å²) in [7, 11) is 0. The van der Waals surface area contributed by atoms with Gasteiger partial charge in [-0.1, -0.05) is 34.6 Å². The van der Waals surface area contributed by atoms with Crippen LogP contribution in [0.5, 0.6) is 0 Å². The lowest BCUT2D eigenvalue weighted by Gasteiger charge is -2.29. The fourth-order valence-corrected chi connectivity index (χ4v) is 4.24. The molecule has 0 aliphatic carbocycles. The number of aliphatic hydroxyl groups excluding tert-OH is 1. The molecule has 0 aliphatic rings. The smallest absolute Gasteiger partial charge is 0.0607 e. The fourth-order valence-electron chi connectivity index (χ4n) is 1.45. The van der Waals surface area contributed by atoms with Gasteiger partial charge in [0.05, 0.1) is 10.7 Å². The highest BCUT2D eigenvalue weighted by Gasteiger charge is 2.26. The van der Waals surface area contributed by atoms with Crippen molar-refractivity contribution in [1.82, 2.24) is 0 Å². The maximum atomic E-state index is 9.99. The molecule has 0 fully saturated rings. The summed E-state index contributed by atoms with van der Waals surface area (Å²) in [4.78, 5) is 0. The number of thioether (sulfide) groups is 2. The van der Waals surface area contributed by atoms with E-state index < -0.39 is 0 Å². The van der Waals surface area contributed by atoms with Gasteiger partial charge in [0.15, 0.2) is 0 Å². The molecule has 0 aromatic carbocycles. The van der Waals surface area contributed by atoms with Crippen LogP contribution in [0.25, 0.3) is 0 Å². The summed E-state index contributed by atoms with van der Waals surface area (Å²) in [6.45, 7) is 10.7.